The highest BCUT2D eigenvalue weighted by Gasteiger charge is 2.41. The minimum atomic E-state index is -0.991. The second-order valence-corrected chi connectivity index (χ2v) is 4.88. The van der Waals surface area contributed by atoms with Crippen LogP contribution in [0.3, 0.4) is 0 Å². The Kier molecular flexibility index (Phi) is 4.89. The van der Waals surface area contributed by atoms with Crippen LogP contribution >= 0.6 is 0 Å². The molecule has 2 rings (SSSR count). The fraction of sp³-hybridized carbons (Fsp3) is 0.538. The van der Waals surface area contributed by atoms with Crippen molar-refractivity contribution in [3.63, 3.8) is 0 Å². The predicted molar refractivity (Wildman–Crippen MR) is 72.2 cm³/mol. The van der Waals surface area contributed by atoms with Gasteiger partial charge in [-0.2, -0.15) is 0 Å². The van der Waals surface area contributed by atoms with Crippen LogP contribution in [0.25, 0.3) is 0 Å². The molecule has 1 aliphatic carbocycles. The number of aliphatic hydroxyl groups is 2. The van der Waals surface area contributed by atoms with Crippen molar-refractivity contribution in [1.29, 1.82) is 0 Å². The second-order valence-electron chi connectivity index (χ2n) is 4.88. The van der Waals surface area contributed by atoms with Gasteiger partial charge in [0.1, 0.15) is 6.10 Å². The SMILES string of the molecule is COCC1CC(NC(=O)Nc2cccnc2)C(O)C1O. The van der Waals surface area contributed by atoms with Gasteiger partial charge in [0.2, 0.25) is 0 Å². The van der Waals surface area contributed by atoms with Crippen LogP contribution in [0.15, 0.2) is 24.5 Å². The third-order valence-corrected chi connectivity index (χ3v) is 3.42. The molecule has 4 N–H and O–H groups in total. The van der Waals surface area contributed by atoms with E-state index in [0.29, 0.717) is 18.7 Å². The average Bonchev–Trinajstić information content (AvgIpc) is 2.69. The first kappa shape index (κ1) is 14.7. The Hall–Kier alpha value is -1.70. The number of nitrogens with one attached hydrogen (secondary N) is 2. The zero-order chi connectivity index (χ0) is 14.5. The number of rotatable bonds is 4. The van der Waals surface area contributed by atoms with E-state index in [0.717, 1.165) is 0 Å². The highest BCUT2D eigenvalue weighted by atomic mass is 16.5. The number of aliphatic hydroxyl groups excluding tert-OH is 2. The summed E-state index contributed by atoms with van der Waals surface area (Å²) in [5.41, 5.74) is 0.562. The van der Waals surface area contributed by atoms with E-state index in [4.69, 9.17) is 4.74 Å². The molecular formula is C13H19N3O4. The predicted octanol–water partition coefficient (Wildman–Crippen LogP) is -0.0402. The molecule has 0 bridgehead atoms. The summed E-state index contributed by atoms with van der Waals surface area (Å²) >= 11 is 0. The van der Waals surface area contributed by atoms with Crippen molar-refractivity contribution in [2.45, 2.75) is 24.7 Å². The van der Waals surface area contributed by atoms with Crippen molar-refractivity contribution >= 4 is 11.7 Å². The van der Waals surface area contributed by atoms with Crippen LogP contribution in [0.2, 0.25) is 0 Å². The smallest absolute Gasteiger partial charge is 0.319 e. The van der Waals surface area contributed by atoms with Crippen LogP contribution in [-0.2, 0) is 4.74 Å². The molecule has 7 heteroatoms. The summed E-state index contributed by atoms with van der Waals surface area (Å²) in [4.78, 5) is 15.7. The Labute approximate surface area is 117 Å². The van der Waals surface area contributed by atoms with E-state index in [-0.39, 0.29) is 5.92 Å². The minimum Gasteiger partial charge on any atom is -0.390 e. The first-order valence-electron chi connectivity index (χ1n) is 6.44. The number of methoxy groups -OCH3 is 1. The van der Waals surface area contributed by atoms with Gasteiger partial charge < -0.3 is 25.6 Å². The lowest BCUT2D eigenvalue weighted by Gasteiger charge is -2.18. The molecule has 20 heavy (non-hydrogen) atoms. The molecule has 110 valence electrons. The summed E-state index contributed by atoms with van der Waals surface area (Å²) in [6.07, 6.45) is 1.72. The summed E-state index contributed by atoms with van der Waals surface area (Å²) in [6, 6.07) is 2.48. The summed E-state index contributed by atoms with van der Waals surface area (Å²) < 4.78 is 4.99. The van der Waals surface area contributed by atoms with Crippen molar-refractivity contribution in [3.8, 4) is 0 Å². The van der Waals surface area contributed by atoms with Gasteiger partial charge in [-0.05, 0) is 18.6 Å². The van der Waals surface area contributed by atoms with Crippen molar-refractivity contribution < 1.29 is 19.7 Å². The van der Waals surface area contributed by atoms with Crippen molar-refractivity contribution in [2.75, 3.05) is 19.0 Å². The lowest BCUT2D eigenvalue weighted by Crippen LogP contribution is -2.44. The zero-order valence-electron chi connectivity index (χ0n) is 11.2. The normalized spacial score (nSPS) is 29.1. The zero-order valence-corrected chi connectivity index (χ0v) is 11.2. The van der Waals surface area contributed by atoms with E-state index < -0.39 is 24.3 Å². The number of carbonyl (C=O) groups is 1. The lowest BCUT2D eigenvalue weighted by molar-refractivity contribution is -0.00487. The van der Waals surface area contributed by atoms with E-state index in [9.17, 15) is 15.0 Å². The van der Waals surface area contributed by atoms with Gasteiger partial charge in [-0.1, -0.05) is 0 Å². The number of anilines is 1. The first-order chi connectivity index (χ1) is 9.61. The standard InChI is InChI=1S/C13H19N3O4/c1-20-7-8-5-10(12(18)11(8)17)16-13(19)15-9-3-2-4-14-6-9/h2-4,6,8,10-12,17-18H,5,7H2,1H3,(H2,15,16,19). The number of pyridine rings is 1. The molecule has 1 aromatic rings. The maximum atomic E-state index is 11.8. The highest BCUT2D eigenvalue weighted by molar-refractivity contribution is 5.89. The van der Waals surface area contributed by atoms with Gasteiger partial charge in [0.25, 0.3) is 0 Å². The van der Waals surface area contributed by atoms with Crippen molar-refractivity contribution in [1.82, 2.24) is 10.3 Å². The second kappa shape index (κ2) is 6.65. The topological polar surface area (TPSA) is 104 Å². The summed E-state index contributed by atoms with van der Waals surface area (Å²) in [6.45, 7) is 0.348. The quantitative estimate of drug-likeness (QED) is 0.620. The van der Waals surface area contributed by atoms with E-state index in [1.807, 2.05) is 0 Å². The molecule has 7 nitrogen and oxygen atoms in total. The summed E-state index contributed by atoms with van der Waals surface area (Å²) in [5.74, 6) is -0.182. The van der Waals surface area contributed by atoms with E-state index >= 15 is 0 Å². The van der Waals surface area contributed by atoms with Gasteiger partial charge in [0, 0.05) is 19.2 Å². The molecule has 4 unspecified atom stereocenters. The van der Waals surface area contributed by atoms with E-state index in [2.05, 4.69) is 15.6 Å². The molecule has 1 saturated carbocycles. The Morgan fingerprint density at radius 1 is 1.50 bits per heavy atom. The van der Waals surface area contributed by atoms with Gasteiger partial charge in [-0.3, -0.25) is 4.98 Å². The van der Waals surface area contributed by atoms with Gasteiger partial charge >= 0.3 is 6.03 Å². The third kappa shape index (κ3) is 3.44. The van der Waals surface area contributed by atoms with Gasteiger partial charge in [-0.25, -0.2) is 4.79 Å². The Bertz CT molecular complexity index is 443. The largest absolute Gasteiger partial charge is 0.390 e. The molecular weight excluding hydrogens is 262 g/mol. The van der Waals surface area contributed by atoms with Gasteiger partial charge in [0.05, 0.1) is 30.6 Å². The molecule has 0 aliphatic heterocycles. The Morgan fingerprint density at radius 3 is 2.95 bits per heavy atom. The average molecular weight is 281 g/mol. The monoisotopic (exact) mass is 281 g/mol. The number of nitrogens with zero attached hydrogens (tertiary/aromatic N) is 1. The maximum absolute atomic E-state index is 11.8. The van der Waals surface area contributed by atoms with Gasteiger partial charge in [0.15, 0.2) is 0 Å². The van der Waals surface area contributed by atoms with Crippen LogP contribution in [-0.4, -0.2) is 53.2 Å². The molecule has 1 aromatic heterocycles. The molecule has 0 aromatic carbocycles. The highest BCUT2D eigenvalue weighted by Crippen LogP contribution is 2.27. The number of amides is 2. The Morgan fingerprint density at radius 2 is 2.30 bits per heavy atom. The molecule has 0 saturated heterocycles. The molecule has 2 amide bonds. The van der Waals surface area contributed by atoms with Crippen molar-refractivity contribution in [2.24, 2.45) is 5.92 Å². The number of ether oxygens (including phenoxy) is 1. The van der Waals surface area contributed by atoms with Gasteiger partial charge in [-0.15, -0.1) is 0 Å². The maximum Gasteiger partial charge on any atom is 0.319 e. The lowest BCUT2D eigenvalue weighted by atomic mass is 10.1. The fourth-order valence-corrected chi connectivity index (χ4v) is 2.42. The fourth-order valence-electron chi connectivity index (χ4n) is 2.42. The van der Waals surface area contributed by atoms with E-state index in [1.54, 1.807) is 18.3 Å². The molecule has 1 heterocycles. The summed E-state index contributed by atoms with van der Waals surface area (Å²) in [5, 5.41) is 25.0. The molecule has 4 atom stereocenters. The summed E-state index contributed by atoms with van der Waals surface area (Å²) in [7, 11) is 1.54. The van der Waals surface area contributed by atoms with Crippen LogP contribution < -0.4 is 10.6 Å². The first-order valence-corrected chi connectivity index (χ1v) is 6.44. The molecule has 1 aliphatic rings. The Balaban J connectivity index is 1.88. The minimum absolute atomic E-state index is 0.182. The van der Waals surface area contributed by atoms with E-state index in [1.165, 1.54) is 13.3 Å². The number of aromatic nitrogens is 1. The molecule has 0 radical (unpaired) electrons. The molecule has 1 fully saturated rings. The number of hydrogen-bond donors (Lipinski definition) is 4. The molecule has 0 spiro atoms. The van der Waals surface area contributed by atoms with Crippen LogP contribution in [0.4, 0.5) is 10.5 Å². The van der Waals surface area contributed by atoms with Crippen LogP contribution in [0.5, 0.6) is 0 Å². The van der Waals surface area contributed by atoms with Crippen LogP contribution in [0.1, 0.15) is 6.42 Å². The van der Waals surface area contributed by atoms with Crippen LogP contribution in [0, 0.1) is 5.92 Å². The number of carbonyl (C=O) groups excluding carboxylic acids is 1. The number of urea groups is 1. The third-order valence-electron chi connectivity index (χ3n) is 3.42. The van der Waals surface area contributed by atoms with Crippen molar-refractivity contribution in [3.05, 3.63) is 24.5 Å². The number of hydrogen-bond acceptors (Lipinski definition) is 5.